The first kappa shape index (κ1) is 13.5. The largest absolute Gasteiger partial charge is 0.319 e. The van der Waals surface area contributed by atoms with Gasteiger partial charge in [-0.15, -0.1) is 0 Å². The first-order valence-electron chi connectivity index (χ1n) is 7.10. The molecular formula is C16H24FN. The Morgan fingerprint density at radius 3 is 2.67 bits per heavy atom. The van der Waals surface area contributed by atoms with Gasteiger partial charge in [-0.25, -0.2) is 4.39 Å². The number of nitrogens with one attached hydrogen (secondary N) is 1. The minimum atomic E-state index is -0.100. The molecule has 0 aliphatic heterocycles. The summed E-state index contributed by atoms with van der Waals surface area (Å²) in [4.78, 5) is 0. The van der Waals surface area contributed by atoms with Crippen LogP contribution in [0, 0.1) is 24.6 Å². The van der Waals surface area contributed by atoms with Crippen LogP contribution >= 0.6 is 0 Å². The molecule has 0 bridgehead atoms. The highest BCUT2D eigenvalue weighted by Gasteiger charge is 2.25. The fraction of sp³-hybridized carbons (Fsp3) is 0.625. The zero-order chi connectivity index (χ0) is 13.0. The third-order valence-electron chi connectivity index (χ3n) is 4.33. The van der Waals surface area contributed by atoms with E-state index < -0.39 is 0 Å². The van der Waals surface area contributed by atoms with Gasteiger partial charge in [-0.1, -0.05) is 18.9 Å². The highest BCUT2D eigenvalue weighted by Crippen LogP contribution is 2.32. The van der Waals surface area contributed by atoms with Crippen molar-refractivity contribution in [2.45, 2.75) is 39.0 Å². The molecule has 100 valence electrons. The molecule has 0 radical (unpaired) electrons. The lowest BCUT2D eigenvalue weighted by atomic mass is 9.75. The molecule has 0 saturated heterocycles. The van der Waals surface area contributed by atoms with Gasteiger partial charge in [0.15, 0.2) is 0 Å². The monoisotopic (exact) mass is 249 g/mol. The van der Waals surface area contributed by atoms with Gasteiger partial charge < -0.3 is 5.32 Å². The van der Waals surface area contributed by atoms with E-state index in [9.17, 15) is 4.39 Å². The van der Waals surface area contributed by atoms with Gasteiger partial charge in [0.05, 0.1) is 0 Å². The SMILES string of the molecule is CNCC1CCCCC1Cc1cc(F)ccc1C. The van der Waals surface area contributed by atoms with Gasteiger partial charge in [-0.2, -0.15) is 0 Å². The Bertz CT molecular complexity index is 387. The minimum absolute atomic E-state index is 0.100. The number of halogens is 1. The van der Waals surface area contributed by atoms with Crippen molar-refractivity contribution in [3.63, 3.8) is 0 Å². The van der Waals surface area contributed by atoms with Crippen molar-refractivity contribution < 1.29 is 4.39 Å². The predicted octanol–water partition coefficient (Wildman–Crippen LogP) is 3.70. The number of aryl methyl sites for hydroxylation is 1. The number of benzene rings is 1. The molecular weight excluding hydrogens is 225 g/mol. The molecule has 2 heteroatoms. The van der Waals surface area contributed by atoms with Crippen molar-refractivity contribution >= 4 is 0 Å². The summed E-state index contributed by atoms with van der Waals surface area (Å²) in [5.74, 6) is 1.37. The Labute approximate surface area is 110 Å². The van der Waals surface area contributed by atoms with Crippen molar-refractivity contribution in [3.8, 4) is 0 Å². The summed E-state index contributed by atoms with van der Waals surface area (Å²) >= 11 is 0. The van der Waals surface area contributed by atoms with Gasteiger partial charge >= 0.3 is 0 Å². The number of hydrogen-bond acceptors (Lipinski definition) is 1. The summed E-state index contributed by atoms with van der Waals surface area (Å²) < 4.78 is 13.3. The maximum atomic E-state index is 13.3. The second-order valence-corrected chi connectivity index (χ2v) is 5.64. The molecule has 1 aromatic rings. The van der Waals surface area contributed by atoms with Crippen molar-refractivity contribution in [1.82, 2.24) is 5.32 Å². The summed E-state index contributed by atoms with van der Waals surface area (Å²) in [7, 11) is 2.03. The van der Waals surface area contributed by atoms with E-state index in [1.807, 2.05) is 13.1 Å². The average molecular weight is 249 g/mol. The molecule has 1 aliphatic carbocycles. The third kappa shape index (κ3) is 3.32. The van der Waals surface area contributed by atoms with Crippen molar-refractivity contribution in [2.24, 2.45) is 11.8 Å². The maximum Gasteiger partial charge on any atom is 0.123 e. The van der Waals surface area contributed by atoms with E-state index in [-0.39, 0.29) is 5.82 Å². The molecule has 1 fully saturated rings. The van der Waals surface area contributed by atoms with Gasteiger partial charge in [0.2, 0.25) is 0 Å². The molecule has 1 saturated carbocycles. The number of hydrogen-bond donors (Lipinski definition) is 1. The Morgan fingerprint density at radius 1 is 1.22 bits per heavy atom. The molecule has 1 N–H and O–H groups in total. The third-order valence-corrected chi connectivity index (χ3v) is 4.33. The molecule has 2 unspecified atom stereocenters. The maximum absolute atomic E-state index is 13.3. The van der Waals surface area contributed by atoms with Crippen LogP contribution in [0.4, 0.5) is 4.39 Å². The molecule has 18 heavy (non-hydrogen) atoms. The highest BCUT2D eigenvalue weighted by molar-refractivity contribution is 5.27. The average Bonchev–Trinajstić information content (AvgIpc) is 2.36. The minimum Gasteiger partial charge on any atom is -0.319 e. The Kier molecular flexibility index (Phi) is 4.76. The van der Waals surface area contributed by atoms with Crippen LogP contribution in [0.2, 0.25) is 0 Å². The van der Waals surface area contributed by atoms with E-state index in [1.54, 1.807) is 12.1 Å². The Morgan fingerprint density at radius 2 is 1.94 bits per heavy atom. The van der Waals surface area contributed by atoms with Crippen LogP contribution in [-0.4, -0.2) is 13.6 Å². The lowest BCUT2D eigenvalue weighted by Crippen LogP contribution is -2.30. The van der Waals surface area contributed by atoms with Gasteiger partial charge in [0, 0.05) is 0 Å². The second kappa shape index (κ2) is 6.33. The van der Waals surface area contributed by atoms with Gasteiger partial charge in [0.25, 0.3) is 0 Å². The van der Waals surface area contributed by atoms with E-state index in [1.165, 1.54) is 36.8 Å². The zero-order valence-electron chi connectivity index (χ0n) is 11.5. The fourth-order valence-corrected chi connectivity index (χ4v) is 3.23. The van der Waals surface area contributed by atoms with Gasteiger partial charge in [-0.05, 0) is 74.9 Å². The van der Waals surface area contributed by atoms with E-state index >= 15 is 0 Å². The van der Waals surface area contributed by atoms with Crippen LogP contribution in [0.25, 0.3) is 0 Å². The summed E-state index contributed by atoms with van der Waals surface area (Å²) in [6, 6.07) is 5.19. The van der Waals surface area contributed by atoms with E-state index in [2.05, 4.69) is 12.2 Å². The highest BCUT2D eigenvalue weighted by atomic mass is 19.1. The topological polar surface area (TPSA) is 12.0 Å². The van der Waals surface area contributed by atoms with E-state index in [4.69, 9.17) is 0 Å². The molecule has 1 aromatic carbocycles. The molecule has 0 heterocycles. The van der Waals surface area contributed by atoms with Crippen LogP contribution in [0.5, 0.6) is 0 Å². The quantitative estimate of drug-likeness (QED) is 0.858. The molecule has 2 rings (SSSR count). The molecule has 0 spiro atoms. The predicted molar refractivity (Wildman–Crippen MR) is 74.2 cm³/mol. The lowest BCUT2D eigenvalue weighted by Gasteiger charge is -2.32. The van der Waals surface area contributed by atoms with Crippen molar-refractivity contribution in [3.05, 3.63) is 35.1 Å². The fourth-order valence-electron chi connectivity index (χ4n) is 3.23. The summed E-state index contributed by atoms with van der Waals surface area (Å²) in [5, 5.41) is 3.31. The van der Waals surface area contributed by atoms with Crippen LogP contribution in [0.1, 0.15) is 36.8 Å². The van der Waals surface area contributed by atoms with Crippen LogP contribution in [0.3, 0.4) is 0 Å². The molecule has 1 aliphatic rings. The Hall–Kier alpha value is -0.890. The van der Waals surface area contributed by atoms with Gasteiger partial charge in [-0.3, -0.25) is 0 Å². The Balaban J connectivity index is 2.08. The molecule has 2 atom stereocenters. The molecule has 0 aromatic heterocycles. The van der Waals surface area contributed by atoms with Crippen molar-refractivity contribution in [1.29, 1.82) is 0 Å². The number of rotatable bonds is 4. The van der Waals surface area contributed by atoms with E-state index in [0.29, 0.717) is 5.92 Å². The lowest BCUT2D eigenvalue weighted by molar-refractivity contribution is 0.232. The molecule has 0 amide bonds. The standard InChI is InChI=1S/C16H24FN/c1-12-7-8-16(17)10-15(12)9-13-5-3-4-6-14(13)11-18-2/h7-8,10,13-14,18H,3-6,9,11H2,1-2H3. The smallest absolute Gasteiger partial charge is 0.123 e. The zero-order valence-corrected chi connectivity index (χ0v) is 11.5. The normalized spacial score (nSPS) is 24.2. The first-order chi connectivity index (χ1) is 8.70. The van der Waals surface area contributed by atoms with Crippen LogP contribution in [-0.2, 0) is 6.42 Å². The van der Waals surface area contributed by atoms with E-state index in [0.717, 1.165) is 18.9 Å². The van der Waals surface area contributed by atoms with Crippen LogP contribution < -0.4 is 5.32 Å². The van der Waals surface area contributed by atoms with Crippen molar-refractivity contribution in [2.75, 3.05) is 13.6 Å². The second-order valence-electron chi connectivity index (χ2n) is 5.64. The van der Waals surface area contributed by atoms with Crippen LogP contribution in [0.15, 0.2) is 18.2 Å². The summed E-state index contributed by atoms with van der Waals surface area (Å²) in [6.45, 7) is 3.18. The summed E-state index contributed by atoms with van der Waals surface area (Å²) in [6.07, 6.45) is 6.34. The first-order valence-corrected chi connectivity index (χ1v) is 7.10. The molecule has 1 nitrogen and oxygen atoms in total. The van der Waals surface area contributed by atoms with Gasteiger partial charge in [0.1, 0.15) is 5.82 Å². The summed E-state index contributed by atoms with van der Waals surface area (Å²) in [5.41, 5.74) is 2.42.